The zero-order valence-electron chi connectivity index (χ0n) is 21.2. The molecule has 3 aromatic carbocycles. The van der Waals surface area contributed by atoms with Crippen molar-refractivity contribution in [3.05, 3.63) is 64.7 Å². The topological polar surface area (TPSA) is 120 Å². The highest BCUT2D eigenvalue weighted by Gasteiger charge is 2.17. The van der Waals surface area contributed by atoms with E-state index in [1.807, 2.05) is 32.0 Å². The molecule has 0 radical (unpaired) electrons. The van der Waals surface area contributed by atoms with Gasteiger partial charge in [-0.2, -0.15) is 0 Å². The van der Waals surface area contributed by atoms with Gasteiger partial charge in [0.25, 0.3) is 0 Å². The highest BCUT2D eigenvalue weighted by molar-refractivity contribution is 7.89. The van der Waals surface area contributed by atoms with E-state index in [9.17, 15) is 13.5 Å². The molecule has 1 aromatic heterocycles. The van der Waals surface area contributed by atoms with Crippen molar-refractivity contribution in [1.82, 2.24) is 24.8 Å². The molecular formula is C27H29ClN6O3S. The Labute approximate surface area is 226 Å². The Morgan fingerprint density at radius 3 is 2.47 bits per heavy atom. The van der Waals surface area contributed by atoms with Gasteiger partial charge in [0, 0.05) is 24.3 Å². The van der Waals surface area contributed by atoms with Crippen molar-refractivity contribution in [2.24, 2.45) is 0 Å². The molecule has 1 aliphatic rings. The number of nitrogens with one attached hydrogen (secondary N) is 2. The Hall–Kier alpha value is -3.31. The first-order valence-corrected chi connectivity index (χ1v) is 14.3. The Morgan fingerprint density at radius 1 is 1.00 bits per heavy atom. The fraction of sp³-hybridized carbons (Fsp3) is 0.296. The molecule has 1 fully saturated rings. The quantitative estimate of drug-likeness (QED) is 0.285. The molecule has 198 valence electrons. The minimum atomic E-state index is -3.59. The number of nitrogens with zero attached hydrogens (tertiary/aromatic N) is 4. The predicted molar refractivity (Wildman–Crippen MR) is 150 cm³/mol. The second-order valence-corrected chi connectivity index (χ2v) is 11.6. The lowest BCUT2D eigenvalue weighted by atomic mass is 9.97. The van der Waals surface area contributed by atoms with Crippen LogP contribution in [0.3, 0.4) is 0 Å². The second kappa shape index (κ2) is 10.8. The Bertz CT molecular complexity index is 1590. The van der Waals surface area contributed by atoms with E-state index >= 15 is 0 Å². The fourth-order valence-corrected chi connectivity index (χ4v) is 6.04. The van der Waals surface area contributed by atoms with E-state index in [-0.39, 0.29) is 15.7 Å². The smallest absolute Gasteiger partial charge is 0.247 e. The fourth-order valence-electron chi connectivity index (χ4n) is 4.70. The SMILES string of the molecule is Cc1ccc(O)c(Cl)c1-c1cc(C)c2nc(Nc3ccc(S(=O)(=O)NCCN4CCCC4)cc3)nnc2c1. The molecule has 0 atom stereocenters. The number of fused-ring (bicyclic) bond motifs is 1. The molecule has 2 heterocycles. The van der Waals surface area contributed by atoms with Gasteiger partial charge in [-0.3, -0.25) is 0 Å². The van der Waals surface area contributed by atoms with Gasteiger partial charge in [0.15, 0.2) is 0 Å². The molecule has 0 unspecified atom stereocenters. The molecule has 1 saturated heterocycles. The van der Waals surface area contributed by atoms with E-state index < -0.39 is 10.0 Å². The van der Waals surface area contributed by atoms with Crippen LogP contribution in [0.1, 0.15) is 24.0 Å². The molecule has 4 aromatic rings. The van der Waals surface area contributed by atoms with Crippen LogP contribution in [-0.2, 0) is 10.0 Å². The Kier molecular flexibility index (Phi) is 7.49. The maximum absolute atomic E-state index is 12.6. The van der Waals surface area contributed by atoms with Crippen LogP contribution < -0.4 is 10.0 Å². The first-order valence-electron chi connectivity index (χ1n) is 12.4. The molecular weight excluding hydrogens is 524 g/mol. The highest BCUT2D eigenvalue weighted by atomic mass is 35.5. The maximum atomic E-state index is 12.6. The number of hydrogen-bond donors (Lipinski definition) is 3. The number of phenols is 1. The van der Waals surface area contributed by atoms with Gasteiger partial charge in [0.05, 0.1) is 15.4 Å². The van der Waals surface area contributed by atoms with Gasteiger partial charge in [-0.1, -0.05) is 17.7 Å². The number of benzene rings is 3. The number of aryl methyl sites for hydroxylation is 2. The summed E-state index contributed by atoms with van der Waals surface area (Å²) in [6.07, 6.45) is 2.35. The normalized spacial score (nSPS) is 14.3. The van der Waals surface area contributed by atoms with Crippen LogP contribution in [-0.4, -0.2) is 59.8 Å². The summed E-state index contributed by atoms with van der Waals surface area (Å²) in [6, 6.07) is 13.6. The number of phenolic OH excluding ortho intramolecular Hbond substituents is 1. The van der Waals surface area contributed by atoms with Crippen molar-refractivity contribution in [3.8, 4) is 16.9 Å². The molecule has 0 amide bonds. The van der Waals surface area contributed by atoms with E-state index in [1.165, 1.54) is 12.8 Å². The van der Waals surface area contributed by atoms with Gasteiger partial charge in [0.1, 0.15) is 11.3 Å². The number of aromatic hydroxyl groups is 1. The monoisotopic (exact) mass is 552 g/mol. The largest absolute Gasteiger partial charge is 0.506 e. The van der Waals surface area contributed by atoms with E-state index in [0.717, 1.165) is 35.3 Å². The van der Waals surface area contributed by atoms with E-state index in [2.05, 4.69) is 30.1 Å². The highest BCUT2D eigenvalue weighted by Crippen LogP contribution is 2.38. The zero-order valence-corrected chi connectivity index (χ0v) is 22.8. The molecule has 3 N–H and O–H groups in total. The number of sulfonamides is 1. The van der Waals surface area contributed by atoms with Crippen molar-refractivity contribution in [1.29, 1.82) is 0 Å². The zero-order chi connectivity index (χ0) is 26.9. The third-order valence-corrected chi connectivity index (χ3v) is 8.57. The molecule has 9 nitrogen and oxygen atoms in total. The van der Waals surface area contributed by atoms with Gasteiger partial charge in [-0.15, -0.1) is 10.2 Å². The van der Waals surface area contributed by atoms with Crippen LogP contribution >= 0.6 is 11.6 Å². The average molecular weight is 553 g/mol. The van der Waals surface area contributed by atoms with Crippen molar-refractivity contribution in [2.75, 3.05) is 31.5 Å². The lowest BCUT2D eigenvalue weighted by molar-refractivity contribution is 0.344. The number of anilines is 2. The summed E-state index contributed by atoms with van der Waals surface area (Å²) in [4.78, 5) is 7.08. The Morgan fingerprint density at radius 2 is 1.74 bits per heavy atom. The second-order valence-electron chi connectivity index (χ2n) is 9.48. The molecule has 38 heavy (non-hydrogen) atoms. The summed E-state index contributed by atoms with van der Waals surface area (Å²) in [5.41, 5.74) is 5.25. The van der Waals surface area contributed by atoms with Crippen molar-refractivity contribution in [2.45, 2.75) is 31.6 Å². The van der Waals surface area contributed by atoms with Crippen molar-refractivity contribution < 1.29 is 13.5 Å². The van der Waals surface area contributed by atoms with Gasteiger partial charge in [0.2, 0.25) is 16.0 Å². The molecule has 1 aliphatic heterocycles. The lowest BCUT2D eigenvalue weighted by Gasteiger charge is -2.15. The van der Waals surface area contributed by atoms with Crippen LogP contribution in [0.2, 0.25) is 5.02 Å². The van der Waals surface area contributed by atoms with Crippen molar-refractivity contribution in [3.63, 3.8) is 0 Å². The van der Waals surface area contributed by atoms with Gasteiger partial charge in [-0.25, -0.2) is 18.1 Å². The van der Waals surface area contributed by atoms with Crippen molar-refractivity contribution >= 4 is 44.3 Å². The minimum Gasteiger partial charge on any atom is -0.506 e. The predicted octanol–water partition coefficient (Wildman–Crippen LogP) is 4.79. The summed E-state index contributed by atoms with van der Waals surface area (Å²) in [6.45, 7) is 7.01. The molecule has 5 rings (SSSR count). The number of aromatic nitrogens is 3. The van der Waals surface area contributed by atoms with Gasteiger partial charge >= 0.3 is 0 Å². The van der Waals surface area contributed by atoms with Crippen LogP contribution in [0.5, 0.6) is 5.75 Å². The van der Waals surface area contributed by atoms with Gasteiger partial charge in [-0.05, 0) is 98.9 Å². The third-order valence-electron chi connectivity index (χ3n) is 6.71. The summed E-state index contributed by atoms with van der Waals surface area (Å²) in [7, 11) is -3.59. The number of halogens is 1. The van der Waals surface area contributed by atoms with Crippen LogP contribution in [0.25, 0.3) is 22.2 Å². The Balaban J connectivity index is 1.31. The van der Waals surface area contributed by atoms with E-state index in [1.54, 1.807) is 30.3 Å². The molecule has 0 saturated carbocycles. The molecule has 0 bridgehead atoms. The van der Waals surface area contributed by atoms with E-state index in [0.29, 0.717) is 35.8 Å². The van der Waals surface area contributed by atoms with Crippen LogP contribution in [0.4, 0.5) is 11.6 Å². The average Bonchev–Trinajstić information content (AvgIpc) is 3.41. The summed E-state index contributed by atoms with van der Waals surface area (Å²) < 4.78 is 28.0. The van der Waals surface area contributed by atoms with Gasteiger partial charge < -0.3 is 15.3 Å². The molecule has 11 heteroatoms. The maximum Gasteiger partial charge on any atom is 0.247 e. The summed E-state index contributed by atoms with van der Waals surface area (Å²) >= 11 is 6.39. The van der Waals surface area contributed by atoms with Crippen LogP contribution in [0, 0.1) is 13.8 Å². The van der Waals surface area contributed by atoms with E-state index in [4.69, 9.17) is 11.6 Å². The standard InChI is InChI=1S/C27H29ClN6O3S/c1-17-5-10-23(35)25(28)24(17)19-15-18(2)26-22(16-19)32-33-27(31-26)30-20-6-8-21(9-7-20)38(36,37)29-11-14-34-12-3-4-13-34/h5-10,15-16,29,35H,3-4,11-14H2,1-2H3,(H,30,31,33). The third kappa shape index (κ3) is 5.58. The minimum absolute atomic E-state index is 0.0189. The first-order chi connectivity index (χ1) is 18.2. The summed E-state index contributed by atoms with van der Waals surface area (Å²) in [5.74, 6) is 0.310. The number of rotatable bonds is 8. The summed E-state index contributed by atoms with van der Waals surface area (Å²) in [5, 5.41) is 22.0. The van der Waals surface area contributed by atoms with Crippen LogP contribution in [0.15, 0.2) is 53.4 Å². The number of likely N-dealkylation sites (tertiary alicyclic amines) is 1. The molecule has 0 aliphatic carbocycles. The lowest BCUT2D eigenvalue weighted by Crippen LogP contribution is -2.33. The molecule has 0 spiro atoms. The first kappa shape index (κ1) is 26.3. The number of hydrogen-bond acceptors (Lipinski definition) is 8.